The average Bonchev–Trinajstić information content (AvgIpc) is 2.46. The molecule has 0 aliphatic carbocycles. The van der Waals surface area contributed by atoms with Crippen LogP contribution >= 0.6 is 0 Å². The zero-order chi connectivity index (χ0) is 13.8. The summed E-state index contributed by atoms with van der Waals surface area (Å²) in [5, 5.41) is 22.5. The van der Waals surface area contributed by atoms with Crippen LogP contribution in [0.25, 0.3) is 11.3 Å². The lowest BCUT2D eigenvalue weighted by atomic mass is 10.1. The number of hydrogen-bond acceptors (Lipinski definition) is 5. The maximum Gasteiger partial charge on any atom is 0.270 e. The third kappa shape index (κ3) is 2.50. The topological polar surface area (TPSA) is 91.8 Å². The highest BCUT2D eigenvalue weighted by molar-refractivity contribution is 5.66. The molecule has 0 saturated carbocycles. The van der Waals surface area contributed by atoms with Crippen molar-refractivity contribution in [2.75, 3.05) is 12.4 Å². The number of non-ortho nitro benzene ring substituents is 1. The summed E-state index contributed by atoms with van der Waals surface area (Å²) in [6.07, 6.45) is 0. The van der Waals surface area contributed by atoms with Gasteiger partial charge in [0.15, 0.2) is 0 Å². The second kappa shape index (κ2) is 5.14. The van der Waals surface area contributed by atoms with Gasteiger partial charge in [0.25, 0.3) is 5.69 Å². The van der Waals surface area contributed by atoms with Crippen molar-refractivity contribution in [3.63, 3.8) is 0 Å². The molecular formula is C13H10N4O2. The Labute approximate surface area is 109 Å². The Morgan fingerprint density at radius 3 is 2.79 bits per heavy atom. The number of nitriles is 1. The van der Waals surface area contributed by atoms with Crippen LogP contribution < -0.4 is 5.32 Å². The lowest BCUT2D eigenvalue weighted by Gasteiger charge is -2.06. The fourth-order valence-corrected chi connectivity index (χ4v) is 1.68. The van der Waals surface area contributed by atoms with Crippen molar-refractivity contribution in [3.05, 3.63) is 52.1 Å². The van der Waals surface area contributed by atoms with Gasteiger partial charge in [-0.3, -0.25) is 10.1 Å². The highest BCUT2D eigenvalue weighted by atomic mass is 16.6. The van der Waals surface area contributed by atoms with Gasteiger partial charge < -0.3 is 5.32 Å². The second-order valence-corrected chi connectivity index (χ2v) is 3.76. The van der Waals surface area contributed by atoms with Crippen LogP contribution in [0.1, 0.15) is 5.56 Å². The number of nitro groups is 1. The smallest absolute Gasteiger partial charge is 0.270 e. The predicted molar refractivity (Wildman–Crippen MR) is 70.6 cm³/mol. The number of rotatable bonds is 3. The Bertz CT molecular complexity index is 677. The van der Waals surface area contributed by atoms with Gasteiger partial charge in [-0.25, -0.2) is 4.98 Å². The van der Waals surface area contributed by atoms with Crippen LogP contribution in [-0.4, -0.2) is 17.0 Å². The van der Waals surface area contributed by atoms with E-state index in [1.807, 2.05) is 6.07 Å². The fraction of sp³-hybridized carbons (Fsp3) is 0.0769. The SMILES string of the molecule is CNc1nc(-c2cccc([N+](=O)[O-])c2)ccc1C#N. The third-order valence-corrected chi connectivity index (χ3v) is 2.61. The molecule has 0 unspecified atom stereocenters. The molecule has 0 fully saturated rings. The molecule has 1 heterocycles. The Kier molecular flexibility index (Phi) is 3.39. The molecule has 0 saturated heterocycles. The summed E-state index contributed by atoms with van der Waals surface area (Å²) in [7, 11) is 1.67. The zero-order valence-electron chi connectivity index (χ0n) is 10.1. The average molecular weight is 254 g/mol. The number of hydrogen-bond donors (Lipinski definition) is 1. The van der Waals surface area contributed by atoms with Crippen LogP contribution in [0.4, 0.5) is 11.5 Å². The Hall–Kier alpha value is -2.94. The molecule has 0 spiro atoms. The molecule has 0 aliphatic rings. The van der Waals surface area contributed by atoms with Crippen LogP contribution in [0, 0.1) is 21.4 Å². The van der Waals surface area contributed by atoms with Crippen LogP contribution in [-0.2, 0) is 0 Å². The molecule has 0 atom stereocenters. The molecule has 0 bridgehead atoms. The molecule has 6 heteroatoms. The van der Waals surface area contributed by atoms with Crippen molar-refractivity contribution in [2.24, 2.45) is 0 Å². The molecule has 0 amide bonds. The Morgan fingerprint density at radius 2 is 2.16 bits per heavy atom. The highest BCUT2D eigenvalue weighted by Gasteiger charge is 2.10. The maximum absolute atomic E-state index is 10.7. The quantitative estimate of drug-likeness (QED) is 0.671. The monoisotopic (exact) mass is 254 g/mol. The van der Waals surface area contributed by atoms with E-state index in [9.17, 15) is 10.1 Å². The number of pyridine rings is 1. The summed E-state index contributed by atoms with van der Waals surface area (Å²) >= 11 is 0. The molecule has 94 valence electrons. The summed E-state index contributed by atoms with van der Waals surface area (Å²) in [6, 6.07) is 11.5. The minimum Gasteiger partial charge on any atom is -0.372 e. The van der Waals surface area contributed by atoms with E-state index >= 15 is 0 Å². The summed E-state index contributed by atoms with van der Waals surface area (Å²) in [5.41, 5.74) is 1.65. The predicted octanol–water partition coefficient (Wildman–Crippen LogP) is 2.57. The van der Waals surface area contributed by atoms with Crippen LogP contribution in [0.3, 0.4) is 0 Å². The molecule has 2 rings (SSSR count). The standard InChI is InChI=1S/C13H10N4O2/c1-15-13-10(8-14)5-6-12(16-13)9-3-2-4-11(7-9)17(18)19/h2-7H,1H3,(H,15,16). The normalized spacial score (nSPS) is 9.68. The first-order chi connectivity index (χ1) is 9.15. The molecule has 1 aromatic carbocycles. The number of aromatic nitrogens is 1. The van der Waals surface area contributed by atoms with E-state index in [1.54, 1.807) is 31.3 Å². The van der Waals surface area contributed by atoms with E-state index < -0.39 is 4.92 Å². The minimum atomic E-state index is -0.452. The van der Waals surface area contributed by atoms with E-state index in [1.165, 1.54) is 12.1 Å². The third-order valence-electron chi connectivity index (χ3n) is 2.61. The maximum atomic E-state index is 10.7. The number of anilines is 1. The summed E-state index contributed by atoms with van der Waals surface area (Å²) in [4.78, 5) is 14.6. The van der Waals surface area contributed by atoms with E-state index in [0.29, 0.717) is 22.6 Å². The van der Waals surface area contributed by atoms with Crippen LogP contribution in [0.2, 0.25) is 0 Å². The summed E-state index contributed by atoms with van der Waals surface area (Å²) < 4.78 is 0. The summed E-state index contributed by atoms with van der Waals surface area (Å²) in [6.45, 7) is 0. The molecule has 0 radical (unpaired) electrons. The Balaban J connectivity index is 2.50. The first-order valence-electron chi connectivity index (χ1n) is 5.49. The van der Waals surface area contributed by atoms with Crippen molar-refractivity contribution in [1.82, 2.24) is 4.98 Å². The minimum absolute atomic E-state index is 0.00895. The van der Waals surface area contributed by atoms with E-state index in [0.717, 1.165) is 0 Å². The lowest BCUT2D eigenvalue weighted by molar-refractivity contribution is -0.384. The van der Waals surface area contributed by atoms with Gasteiger partial charge in [-0.1, -0.05) is 12.1 Å². The van der Waals surface area contributed by atoms with Gasteiger partial charge in [0.2, 0.25) is 0 Å². The Morgan fingerprint density at radius 1 is 1.37 bits per heavy atom. The van der Waals surface area contributed by atoms with E-state index in [4.69, 9.17) is 5.26 Å². The van der Waals surface area contributed by atoms with Gasteiger partial charge in [-0.2, -0.15) is 5.26 Å². The molecule has 0 aliphatic heterocycles. The second-order valence-electron chi connectivity index (χ2n) is 3.76. The molecule has 6 nitrogen and oxygen atoms in total. The zero-order valence-corrected chi connectivity index (χ0v) is 10.1. The molecule has 19 heavy (non-hydrogen) atoms. The van der Waals surface area contributed by atoms with Crippen LogP contribution in [0.5, 0.6) is 0 Å². The van der Waals surface area contributed by atoms with Crippen LogP contribution in [0.15, 0.2) is 36.4 Å². The van der Waals surface area contributed by atoms with Crippen molar-refractivity contribution in [3.8, 4) is 17.3 Å². The van der Waals surface area contributed by atoms with Gasteiger partial charge in [0, 0.05) is 24.7 Å². The number of nitrogens with zero attached hydrogens (tertiary/aromatic N) is 3. The largest absolute Gasteiger partial charge is 0.372 e. The fourth-order valence-electron chi connectivity index (χ4n) is 1.68. The first kappa shape index (κ1) is 12.5. The first-order valence-corrected chi connectivity index (χ1v) is 5.49. The molecule has 1 aromatic heterocycles. The lowest BCUT2D eigenvalue weighted by Crippen LogP contribution is -1.97. The van der Waals surface area contributed by atoms with Crippen molar-refractivity contribution >= 4 is 11.5 Å². The van der Waals surface area contributed by atoms with Crippen molar-refractivity contribution in [2.45, 2.75) is 0 Å². The van der Waals surface area contributed by atoms with Crippen molar-refractivity contribution in [1.29, 1.82) is 5.26 Å². The number of nitrogens with one attached hydrogen (secondary N) is 1. The number of benzene rings is 1. The molecule has 1 N–H and O–H groups in total. The van der Waals surface area contributed by atoms with Gasteiger partial charge in [-0.05, 0) is 12.1 Å². The van der Waals surface area contributed by atoms with Gasteiger partial charge in [0.1, 0.15) is 11.9 Å². The van der Waals surface area contributed by atoms with E-state index in [2.05, 4.69) is 10.3 Å². The highest BCUT2D eigenvalue weighted by Crippen LogP contribution is 2.24. The number of nitro benzene ring substituents is 1. The van der Waals surface area contributed by atoms with Gasteiger partial charge >= 0.3 is 0 Å². The van der Waals surface area contributed by atoms with Crippen molar-refractivity contribution < 1.29 is 4.92 Å². The van der Waals surface area contributed by atoms with Gasteiger partial charge in [-0.15, -0.1) is 0 Å². The van der Waals surface area contributed by atoms with Gasteiger partial charge in [0.05, 0.1) is 16.2 Å². The molecule has 2 aromatic rings. The molecular weight excluding hydrogens is 244 g/mol. The summed E-state index contributed by atoms with van der Waals surface area (Å²) in [5.74, 6) is 0.450. The van der Waals surface area contributed by atoms with E-state index in [-0.39, 0.29) is 5.69 Å².